The molecule has 0 fully saturated rings. The number of halogens is 3. The van der Waals surface area contributed by atoms with Crippen LogP contribution in [0.1, 0.15) is 12.5 Å². The molecule has 1 aromatic carbocycles. The number of hydrogen-bond donors (Lipinski definition) is 1. The summed E-state index contributed by atoms with van der Waals surface area (Å²) >= 11 is 11.4. The Morgan fingerprint density at radius 2 is 2.00 bits per heavy atom. The number of benzene rings is 1. The molecule has 0 atom stereocenters. The fraction of sp³-hybridized carbons (Fsp3) is 0.167. The Balaban J connectivity index is 2.88. The summed E-state index contributed by atoms with van der Waals surface area (Å²) in [5, 5.41) is -0.201. The Morgan fingerprint density at radius 3 is 2.63 bits per heavy atom. The average Bonchev–Trinajstić information content (AvgIpc) is 2.34. The molecule has 0 radical (unpaired) electrons. The molecule has 2 rings (SSSR count). The highest BCUT2D eigenvalue weighted by atomic mass is 35.5. The van der Waals surface area contributed by atoms with E-state index in [0.717, 1.165) is 0 Å². The highest BCUT2D eigenvalue weighted by Gasteiger charge is 2.16. The Bertz CT molecular complexity index is 752. The van der Waals surface area contributed by atoms with Gasteiger partial charge in [0.05, 0.1) is 16.3 Å². The monoisotopic (exact) mass is 302 g/mol. The van der Waals surface area contributed by atoms with Crippen molar-refractivity contribution in [1.29, 1.82) is 0 Å². The van der Waals surface area contributed by atoms with Gasteiger partial charge in [-0.3, -0.25) is 9.78 Å². The van der Waals surface area contributed by atoms with Crippen LogP contribution < -0.4 is 11.2 Å². The first-order chi connectivity index (χ1) is 8.97. The summed E-state index contributed by atoms with van der Waals surface area (Å²) in [6.45, 7) is 1.71. The van der Waals surface area contributed by atoms with Crippen LogP contribution in [0.5, 0.6) is 0 Å². The van der Waals surface area contributed by atoms with Crippen molar-refractivity contribution in [2.24, 2.45) is 0 Å². The van der Waals surface area contributed by atoms with E-state index >= 15 is 0 Å². The number of nitrogens with one attached hydrogen (secondary N) is 1. The maximum atomic E-state index is 13.9. The Labute approximate surface area is 117 Å². The zero-order chi connectivity index (χ0) is 14.2. The maximum absolute atomic E-state index is 13.9. The van der Waals surface area contributed by atoms with Gasteiger partial charge in [0, 0.05) is 0 Å². The van der Waals surface area contributed by atoms with Gasteiger partial charge in [-0.1, -0.05) is 36.2 Å². The van der Waals surface area contributed by atoms with Crippen LogP contribution in [-0.4, -0.2) is 9.55 Å². The second kappa shape index (κ2) is 5.19. The van der Waals surface area contributed by atoms with E-state index in [1.165, 1.54) is 18.2 Å². The predicted octanol–water partition coefficient (Wildman–Crippen LogP) is 2.53. The first kappa shape index (κ1) is 13.8. The summed E-state index contributed by atoms with van der Waals surface area (Å²) in [5.74, 6) is -0.832. The molecule has 0 amide bonds. The molecule has 0 spiro atoms. The zero-order valence-corrected chi connectivity index (χ0v) is 11.3. The van der Waals surface area contributed by atoms with Gasteiger partial charge in [-0.2, -0.15) is 0 Å². The summed E-state index contributed by atoms with van der Waals surface area (Å²) < 4.78 is 14.6. The van der Waals surface area contributed by atoms with Crippen LogP contribution in [0.15, 0.2) is 27.8 Å². The molecule has 1 N–H and O–H groups in total. The lowest BCUT2D eigenvalue weighted by molar-refractivity contribution is 0.612. The van der Waals surface area contributed by atoms with Gasteiger partial charge in [-0.25, -0.2) is 13.8 Å². The van der Waals surface area contributed by atoms with E-state index in [1.54, 1.807) is 6.92 Å². The lowest BCUT2D eigenvalue weighted by atomic mass is 10.2. The molecule has 0 bridgehead atoms. The smallest absolute Gasteiger partial charge is 0.297 e. The van der Waals surface area contributed by atoms with E-state index in [-0.39, 0.29) is 21.4 Å². The highest BCUT2D eigenvalue weighted by molar-refractivity contribution is 6.31. The van der Waals surface area contributed by atoms with Crippen LogP contribution in [0.25, 0.3) is 5.69 Å². The normalized spacial score (nSPS) is 10.7. The molecule has 4 nitrogen and oxygen atoms in total. The van der Waals surface area contributed by atoms with Crippen molar-refractivity contribution >= 4 is 23.2 Å². The van der Waals surface area contributed by atoms with Gasteiger partial charge in [0.15, 0.2) is 5.82 Å². The standard InChI is InChI=1S/C12H9Cl2FN2O2/c1-2-6-10(14)16-12(19)17(11(6)18)8-5-3-4-7(13)9(8)15/h3-5H,2H2,1H3,(H,16,19). The van der Waals surface area contributed by atoms with E-state index < -0.39 is 17.1 Å². The molecule has 19 heavy (non-hydrogen) atoms. The predicted molar refractivity (Wildman–Crippen MR) is 72.0 cm³/mol. The van der Waals surface area contributed by atoms with Crippen LogP contribution in [0.4, 0.5) is 4.39 Å². The third-order valence-corrected chi connectivity index (χ3v) is 3.29. The number of hydrogen-bond acceptors (Lipinski definition) is 2. The molecule has 7 heteroatoms. The molecule has 0 saturated carbocycles. The van der Waals surface area contributed by atoms with Crippen molar-refractivity contribution in [2.45, 2.75) is 13.3 Å². The van der Waals surface area contributed by atoms with Gasteiger partial charge in [0.25, 0.3) is 5.56 Å². The minimum absolute atomic E-state index is 0.0313. The fourth-order valence-corrected chi connectivity index (χ4v) is 2.20. The molecule has 1 aromatic heterocycles. The van der Waals surface area contributed by atoms with Crippen molar-refractivity contribution in [3.05, 3.63) is 60.6 Å². The topological polar surface area (TPSA) is 54.9 Å². The third-order valence-electron chi connectivity index (χ3n) is 2.67. The molecule has 0 aliphatic carbocycles. The largest absolute Gasteiger partial charge is 0.334 e. The van der Waals surface area contributed by atoms with Gasteiger partial charge in [0.1, 0.15) is 5.15 Å². The van der Waals surface area contributed by atoms with Crippen molar-refractivity contribution < 1.29 is 4.39 Å². The summed E-state index contributed by atoms with van der Waals surface area (Å²) in [6.07, 6.45) is 0.316. The quantitative estimate of drug-likeness (QED) is 0.867. The lowest BCUT2D eigenvalue weighted by Crippen LogP contribution is -2.36. The minimum Gasteiger partial charge on any atom is -0.297 e. The van der Waals surface area contributed by atoms with Crippen LogP contribution >= 0.6 is 23.2 Å². The number of aromatic nitrogens is 2. The Hall–Kier alpha value is -1.59. The minimum atomic E-state index is -0.832. The van der Waals surface area contributed by atoms with Crippen LogP contribution in [0.2, 0.25) is 10.2 Å². The van der Waals surface area contributed by atoms with Crippen LogP contribution in [-0.2, 0) is 6.42 Å². The summed E-state index contributed by atoms with van der Waals surface area (Å²) in [6, 6.07) is 4.08. The van der Waals surface area contributed by atoms with E-state index in [1.807, 2.05) is 0 Å². The first-order valence-corrected chi connectivity index (χ1v) is 6.21. The van der Waals surface area contributed by atoms with Gasteiger partial charge in [-0.05, 0) is 18.6 Å². The molecule has 0 unspecified atom stereocenters. The third kappa shape index (κ3) is 2.31. The Kier molecular flexibility index (Phi) is 3.78. The molecule has 0 aliphatic rings. The first-order valence-electron chi connectivity index (χ1n) is 5.45. The maximum Gasteiger partial charge on any atom is 0.334 e. The van der Waals surface area contributed by atoms with E-state index in [2.05, 4.69) is 4.98 Å². The molecule has 2 aromatic rings. The van der Waals surface area contributed by atoms with E-state index in [0.29, 0.717) is 11.0 Å². The number of rotatable bonds is 2. The van der Waals surface area contributed by atoms with Gasteiger partial charge in [-0.15, -0.1) is 0 Å². The van der Waals surface area contributed by atoms with Crippen LogP contribution in [0.3, 0.4) is 0 Å². The fourth-order valence-electron chi connectivity index (χ4n) is 1.74. The van der Waals surface area contributed by atoms with Gasteiger partial charge in [0.2, 0.25) is 0 Å². The molecular weight excluding hydrogens is 294 g/mol. The van der Waals surface area contributed by atoms with Gasteiger partial charge >= 0.3 is 5.69 Å². The SMILES string of the molecule is CCc1c(Cl)[nH]c(=O)n(-c2cccc(Cl)c2F)c1=O. The Morgan fingerprint density at radius 1 is 1.32 bits per heavy atom. The van der Waals surface area contributed by atoms with Crippen LogP contribution in [0, 0.1) is 5.82 Å². The summed E-state index contributed by atoms with van der Waals surface area (Å²) in [5.41, 5.74) is -1.46. The second-order valence-corrected chi connectivity index (χ2v) is 4.57. The molecule has 0 saturated heterocycles. The zero-order valence-electron chi connectivity index (χ0n) is 9.84. The summed E-state index contributed by atoms with van der Waals surface area (Å²) in [4.78, 5) is 26.3. The van der Waals surface area contributed by atoms with E-state index in [4.69, 9.17) is 23.2 Å². The lowest BCUT2D eigenvalue weighted by Gasteiger charge is -2.09. The molecule has 100 valence electrons. The highest BCUT2D eigenvalue weighted by Crippen LogP contribution is 2.19. The van der Waals surface area contributed by atoms with Crippen molar-refractivity contribution in [3.8, 4) is 5.69 Å². The van der Waals surface area contributed by atoms with E-state index in [9.17, 15) is 14.0 Å². The second-order valence-electron chi connectivity index (χ2n) is 3.79. The molecular formula is C12H9Cl2FN2O2. The van der Waals surface area contributed by atoms with Crippen molar-refractivity contribution in [2.75, 3.05) is 0 Å². The number of H-pyrrole nitrogens is 1. The van der Waals surface area contributed by atoms with Crippen molar-refractivity contribution in [3.63, 3.8) is 0 Å². The average molecular weight is 303 g/mol. The molecule has 0 aliphatic heterocycles. The number of aromatic amines is 1. The number of nitrogens with zero attached hydrogens (tertiary/aromatic N) is 1. The van der Waals surface area contributed by atoms with Crippen molar-refractivity contribution in [1.82, 2.24) is 9.55 Å². The van der Waals surface area contributed by atoms with Gasteiger partial charge < -0.3 is 0 Å². The summed E-state index contributed by atoms with van der Waals surface area (Å²) in [7, 11) is 0. The molecule has 1 heterocycles.